The Bertz CT molecular complexity index is 1250. The second-order valence-electron chi connectivity index (χ2n) is 7.25. The molecule has 0 bridgehead atoms. The second kappa shape index (κ2) is 8.95. The van der Waals surface area contributed by atoms with E-state index in [1.165, 1.54) is 11.3 Å². The zero-order valence-corrected chi connectivity index (χ0v) is 18.9. The smallest absolute Gasteiger partial charge is 0.273 e. The summed E-state index contributed by atoms with van der Waals surface area (Å²) in [6, 6.07) is 16.5. The van der Waals surface area contributed by atoms with Crippen LogP contribution in [0.3, 0.4) is 0 Å². The van der Waals surface area contributed by atoms with E-state index in [1.54, 1.807) is 37.4 Å². The van der Waals surface area contributed by atoms with Crippen molar-refractivity contribution in [1.29, 1.82) is 0 Å². The van der Waals surface area contributed by atoms with Crippen molar-refractivity contribution in [3.63, 3.8) is 0 Å². The number of para-hydroxylation sites is 2. The number of rotatable bonds is 6. The van der Waals surface area contributed by atoms with E-state index in [-0.39, 0.29) is 19.1 Å². The van der Waals surface area contributed by atoms with Crippen molar-refractivity contribution in [3.8, 4) is 23.0 Å². The van der Waals surface area contributed by atoms with Crippen LogP contribution in [0.2, 0.25) is 0 Å². The van der Waals surface area contributed by atoms with Crippen LogP contribution in [0.1, 0.15) is 5.69 Å². The van der Waals surface area contributed by atoms with E-state index >= 15 is 0 Å². The summed E-state index contributed by atoms with van der Waals surface area (Å²) in [5.41, 5.74) is 1.35. The summed E-state index contributed by atoms with van der Waals surface area (Å²) in [5, 5.41) is 0.492. The lowest BCUT2D eigenvalue weighted by molar-refractivity contribution is -0.127. The van der Waals surface area contributed by atoms with E-state index in [0.717, 1.165) is 10.4 Å². The van der Waals surface area contributed by atoms with Crippen molar-refractivity contribution < 1.29 is 23.7 Å². The highest BCUT2D eigenvalue weighted by molar-refractivity contribution is 7.22. The van der Waals surface area contributed by atoms with Crippen LogP contribution in [0.5, 0.6) is 23.0 Å². The molecule has 0 radical (unpaired) electrons. The summed E-state index contributed by atoms with van der Waals surface area (Å²) in [6.07, 6.45) is 0.873. The minimum atomic E-state index is -0.820. The van der Waals surface area contributed by atoms with E-state index in [4.69, 9.17) is 23.9 Å². The van der Waals surface area contributed by atoms with E-state index in [0.29, 0.717) is 33.6 Å². The Balaban J connectivity index is 1.54. The summed E-state index contributed by atoms with van der Waals surface area (Å²) in [7, 11) is 3.18. The third-order valence-electron chi connectivity index (χ3n) is 5.23. The standard InChI is InChI=1S/C24H21N3O5S/c1-29-18-10-11-19(30-2)22-21(18)26-24(33-22)27(13-15-7-5-6-12-25-15)23(28)20-14-31-16-8-3-4-9-17(16)32-20/h3-12,20H,13-14H2,1-2H3. The minimum Gasteiger partial charge on any atom is -0.495 e. The molecule has 1 atom stereocenters. The molecule has 0 N–H and O–H groups in total. The van der Waals surface area contributed by atoms with Gasteiger partial charge in [0.1, 0.15) is 28.3 Å². The molecule has 1 aliphatic heterocycles. The van der Waals surface area contributed by atoms with Gasteiger partial charge in [-0.1, -0.05) is 29.5 Å². The molecule has 3 heterocycles. The van der Waals surface area contributed by atoms with Gasteiger partial charge in [-0.05, 0) is 36.4 Å². The number of hydrogen-bond donors (Lipinski definition) is 0. The van der Waals surface area contributed by atoms with Crippen molar-refractivity contribution in [1.82, 2.24) is 9.97 Å². The number of fused-ring (bicyclic) bond motifs is 2. The van der Waals surface area contributed by atoms with Gasteiger partial charge >= 0.3 is 0 Å². The van der Waals surface area contributed by atoms with Crippen molar-refractivity contribution in [2.45, 2.75) is 12.6 Å². The van der Waals surface area contributed by atoms with Gasteiger partial charge in [0.05, 0.1) is 26.5 Å². The van der Waals surface area contributed by atoms with E-state index in [2.05, 4.69) is 4.98 Å². The molecule has 2 aromatic heterocycles. The number of aromatic nitrogens is 2. The average molecular weight is 464 g/mol. The summed E-state index contributed by atoms with van der Waals surface area (Å²) in [6.45, 7) is 0.331. The van der Waals surface area contributed by atoms with Crippen LogP contribution >= 0.6 is 11.3 Å². The second-order valence-corrected chi connectivity index (χ2v) is 8.23. The van der Waals surface area contributed by atoms with Crippen LogP contribution < -0.4 is 23.8 Å². The summed E-state index contributed by atoms with van der Waals surface area (Å²) in [4.78, 5) is 24.4. The molecule has 1 amide bonds. The Kier molecular flexibility index (Phi) is 5.70. The quantitative estimate of drug-likeness (QED) is 0.426. The maximum absolute atomic E-state index is 13.7. The van der Waals surface area contributed by atoms with Gasteiger partial charge in [-0.25, -0.2) is 4.98 Å². The third kappa shape index (κ3) is 4.03. The van der Waals surface area contributed by atoms with Crippen LogP contribution in [0.15, 0.2) is 60.8 Å². The first-order valence-electron chi connectivity index (χ1n) is 10.3. The Hall–Kier alpha value is -3.85. The largest absolute Gasteiger partial charge is 0.495 e. The third-order valence-corrected chi connectivity index (χ3v) is 6.32. The maximum atomic E-state index is 13.7. The van der Waals surface area contributed by atoms with Crippen LogP contribution in [0, 0.1) is 0 Å². The molecule has 4 aromatic rings. The molecule has 9 heteroatoms. The Labute approximate surface area is 194 Å². The van der Waals surface area contributed by atoms with Crippen LogP contribution in [0.4, 0.5) is 5.13 Å². The maximum Gasteiger partial charge on any atom is 0.273 e. The number of anilines is 1. The molecule has 0 spiro atoms. The molecule has 33 heavy (non-hydrogen) atoms. The number of amides is 1. The van der Waals surface area contributed by atoms with Gasteiger partial charge in [0.2, 0.25) is 6.10 Å². The monoisotopic (exact) mass is 463 g/mol. The van der Waals surface area contributed by atoms with Crippen LogP contribution in [0.25, 0.3) is 10.2 Å². The number of thiazole rings is 1. The lowest BCUT2D eigenvalue weighted by Gasteiger charge is -2.29. The van der Waals surface area contributed by atoms with Crippen molar-refractivity contribution >= 4 is 32.6 Å². The summed E-state index contributed by atoms with van der Waals surface area (Å²) >= 11 is 1.35. The molecule has 0 fully saturated rings. The zero-order chi connectivity index (χ0) is 22.8. The summed E-state index contributed by atoms with van der Waals surface area (Å²) in [5.74, 6) is 2.14. The Morgan fingerprint density at radius 2 is 1.82 bits per heavy atom. The highest BCUT2D eigenvalue weighted by Gasteiger charge is 2.34. The number of hydrogen-bond acceptors (Lipinski definition) is 8. The molecule has 0 aliphatic carbocycles. The fraction of sp³-hybridized carbons (Fsp3) is 0.208. The Morgan fingerprint density at radius 3 is 2.58 bits per heavy atom. The van der Waals surface area contributed by atoms with Crippen LogP contribution in [-0.2, 0) is 11.3 Å². The first-order valence-corrected chi connectivity index (χ1v) is 11.1. The van der Waals surface area contributed by atoms with Crippen LogP contribution in [-0.4, -0.2) is 42.8 Å². The molecule has 0 saturated carbocycles. The molecule has 1 unspecified atom stereocenters. The molecule has 0 saturated heterocycles. The average Bonchev–Trinajstić information content (AvgIpc) is 3.32. The number of carbonyl (C=O) groups excluding carboxylic acids is 1. The van der Waals surface area contributed by atoms with E-state index in [9.17, 15) is 4.79 Å². The summed E-state index contributed by atoms with van der Waals surface area (Å²) < 4.78 is 23.5. The predicted molar refractivity (Wildman–Crippen MR) is 125 cm³/mol. The molecule has 5 rings (SSSR count). The first kappa shape index (κ1) is 21.0. The normalized spacial score (nSPS) is 14.7. The van der Waals surface area contributed by atoms with Crippen molar-refractivity contribution in [2.24, 2.45) is 0 Å². The van der Waals surface area contributed by atoms with Gasteiger partial charge in [-0.2, -0.15) is 0 Å². The van der Waals surface area contributed by atoms with Gasteiger partial charge < -0.3 is 18.9 Å². The van der Waals surface area contributed by atoms with Gasteiger partial charge in [-0.15, -0.1) is 0 Å². The number of ether oxygens (including phenoxy) is 4. The minimum absolute atomic E-state index is 0.103. The SMILES string of the molecule is COc1ccc(OC)c2sc(N(Cc3ccccn3)C(=O)C3COc4ccccc4O3)nc12. The first-order chi connectivity index (χ1) is 16.2. The molecule has 1 aliphatic rings. The Morgan fingerprint density at radius 1 is 1.06 bits per heavy atom. The predicted octanol–water partition coefficient (Wildman–Crippen LogP) is 4.08. The van der Waals surface area contributed by atoms with Gasteiger partial charge in [-0.3, -0.25) is 14.7 Å². The molecule has 2 aromatic carbocycles. The van der Waals surface area contributed by atoms with Gasteiger partial charge in [0.25, 0.3) is 5.91 Å². The number of nitrogens with zero attached hydrogens (tertiary/aromatic N) is 3. The van der Waals surface area contributed by atoms with Crippen molar-refractivity contribution in [2.75, 3.05) is 25.7 Å². The lowest BCUT2D eigenvalue weighted by atomic mass is 10.2. The molecule has 168 valence electrons. The number of benzene rings is 2. The van der Waals surface area contributed by atoms with E-state index in [1.807, 2.05) is 42.5 Å². The van der Waals surface area contributed by atoms with E-state index < -0.39 is 6.10 Å². The molecular weight excluding hydrogens is 442 g/mol. The molecular formula is C24H21N3O5S. The lowest BCUT2D eigenvalue weighted by Crippen LogP contribution is -2.46. The highest BCUT2D eigenvalue weighted by Crippen LogP contribution is 2.41. The van der Waals surface area contributed by atoms with Gasteiger partial charge in [0.15, 0.2) is 16.6 Å². The topological polar surface area (TPSA) is 83.0 Å². The fourth-order valence-electron chi connectivity index (χ4n) is 3.60. The number of pyridine rings is 1. The highest BCUT2D eigenvalue weighted by atomic mass is 32.1. The fourth-order valence-corrected chi connectivity index (χ4v) is 4.68. The number of methoxy groups -OCH3 is 2. The number of carbonyl (C=O) groups is 1. The van der Waals surface area contributed by atoms with Crippen molar-refractivity contribution in [3.05, 3.63) is 66.5 Å². The molecule has 8 nitrogen and oxygen atoms in total. The zero-order valence-electron chi connectivity index (χ0n) is 18.1. The van der Waals surface area contributed by atoms with Gasteiger partial charge in [0, 0.05) is 6.20 Å².